The van der Waals surface area contributed by atoms with Gasteiger partial charge in [-0.05, 0) is 20.3 Å². The lowest BCUT2D eigenvalue weighted by Crippen LogP contribution is -2.03. The van der Waals surface area contributed by atoms with E-state index in [2.05, 4.69) is 0 Å². The van der Waals surface area contributed by atoms with Gasteiger partial charge >= 0.3 is 0 Å². The Morgan fingerprint density at radius 1 is 1.67 bits per heavy atom. The molecule has 9 heavy (non-hydrogen) atoms. The predicted octanol–water partition coefficient (Wildman–Crippen LogP) is 2.18. The second-order valence-corrected chi connectivity index (χ2v) is 2.32. The van der Waals surface area contributed by atoms with Crippen LogP contribution in [0.15, 0.2) is 12.2 Å². The van der Waals surface area contributed by atoms with Crippen LogP contribution in [0.1, 0.15) is 27.2 Å². The van der Waals surface area contributed by atoms with Gasteiger partial charge in [-0.1, -0.05) is 19.1 Å². The van der Waals surface area contributed by atoms with Gasteiger partial charge in [0.05, 0.1) is 0 Å². The first-order valence-corrected chi connectivity index (χ1v) is 3.30. The fourth-order valence-corrected chi connectivity index (χ4v) is 0.506. The normalized spacial score (nSPS) is 14.1. The van der Waals surface area contributed by atoms with Crippen LogP contribution < -0.4 is 0 Å². The number of ketones is 1. The van der Waals surface area contributed by atoms with Gasteiger partial charge in [0.25, 0.3) is 0 Å². The van der Waals surface area contributed by atoms with Gasteiger partial charge in [-0.25, -0.2) is 0 Å². The van der Waals surface area contributed by atoms with Crippen molar-refractivity contribution in [3.63, 3.8) is 0 Å². The summed E-state index contributed by atoms with van der Waals surface area (Å²) in [6.07, 6.45) is 4.87. The number of hydrogen-bond acceptors (Lipinski definition) is 1. The van der Waals surface area contributed by atoms with Crippen LogP contribution in [-0.4, -0.2) is 5.78 Å². The monoisotopic (exact) mass is 126 g/mol. The molecular formula is C8H14O. The number of carbonyl (C=O) groups is 1. The first-order chi connectivity index (χ1) is 4.18. The van der Waals surface area contributed by atoms with Crippen LogP contribution in [0.4, 0.5) is 0 Å². The minimum absolute atomic E-state index is 0.196. The lowest BCUT2D eigenvalue weighted by Gasteiger charge is -2.00. The van der Waals surface area contributed by atoms with E-state index in [0.717, 1.165) is 6.42 Å². The highest BCUT2D eigenvalue weighted by Crippen LogP contribution is 2.02. The number of rotatable bonds is 3. The number of carbonyl (C=O) groups excluding carboxylic acids is 1. The van der Waals surface area contributed by atoms with Crippen molar-refractivity contribution in [2.45, 2.75) is 27.2 Å². The van der Waals surface area contributed by atoms with E-state index in [9.17, 15) is 4.79 Å². The Bertz CT molecular complexity index is 114. The molecule has 0 aromatic rings. The van der Waals surface area contributed by atoms with Crippen LogP contribution in [0.3, 0.4) is 0 Å². The molecule has 0 saturated carbocycles. The van der Waals surface area contributed by atoms with Crippen molar-refractivity contribution in [3.05, 3.63) is 12.2 Å². The largest absolute Gasteiger partial charge is 0.300 e. The van der Waals surface area contributed by atoms with Gasteiger partial charge in [-0.15, -0.1) is 0 Å². The highest BCUT2D eigenvalue weighted by atomic mass is 16.1. The molecular weight excluding hydrogens is 112 g/mol. The van der Waals surface area contributed by atoms with E-state index >= 15 is 0 Å². The molecule has 0 heterocycles. The summed E-state index contributed by atoms with van der Waals surface area (Å²) < 4.78 is 0. The molecule has 0 amide bonds. The molecule has 0 rings (SSSR count). The SMILES string of the molecule is C/C=C/C[C@@H](C)C(C)=O. The first kappa shape index (κ1) is 8.41. The van der Waals surface area contributed by atoms with Gasteiger partial charge in [-0.3, -0.25) is 4.79 Å². The summed E-state index contributed by atoms with van der Waals surface area (Å²) in [5, 5.41) is 0. The zero-order valence-corrected chi connectivity index (χ0v) is 6.35. The summed E-state index contributed by atoms with van der Waals surface area (Å²) in [6, 6.07) is 0. The molecule has 0 saturated heterocycles. The van der Waals surface area contributed by atoms with Crippen molar-refractivity contribution in [3.8, 4) is 0 Å². The van der Waals surface area contributed by atoms with E-state index in [4.69, 9.17) is 0 Å². The molecule has 52 valence electrons. The molecule has 0 unspecified atom stereocenters. The van der Waals surface area contributed by atoms with E-state index in [1.807, 2.05) is 26.0 Å². The maximum Gasteiger partial charge on any atom is 0.132 e. The summed E-state index contributed by atoms with van der Waals surface area (Å²) in [7, 11) is 0. The standard InChI is InChI=1S/C8H14O/c1-4-5-6-7(2)8(3)9/h4-5,7H,6H2,1-3H3/b5-4+/t7-/m1/s1. The van der Waals surface area contributed by atoms with Crippen LogP contribution in [0, 0.1) is 5.92 Å². The molecule has 1 nitrogen and oxygen atoms in total. The van der Waals surface area contributed by atoms with Gasteiger partial charge in [-0.2, -0.15) is 0 Å². The van der Waals surface area contributed by atoms with E-state index in [-0.39, 0.29) is 11.7 Å². The van der Waals surface area contributed by atoms with Gasteiger partial charge in [0.15, 0.2) is 0 Å². The number of hydrogen-bond donors (Lipinski definition) is 0. The molecule has 0 bridgehead atoms. The van der Waals surface area contributed by atoms with Crippen LogP contribution in [0.5, 0.6) is 0 Å². The highest BCUT2D eigenvalue weighted by Gasteiger charge is 2.02. The van der Waals surface area contributed by atoms with Gasteiger partial charge in [0, 0.05) is 5.92 Å². The Hall–Kier alpha value is -0.590. The molecule has 0 fully saturated rings. The second kappa shape index (κ2) is 4.30. The lowest BCUT2D eigenvalue weighted by atomic mass is 10.0. The molecule has 1 heteroatoms. The Kier molecular flexibility index (Phi) is 4.02. The fourth-order valence-electron chi connectivity index (χ4n) is 0.506. The minimum Gasteiger partial charge on any atom is -0.300 e. The molecule has 0 spiro atoms. The third kappa shape index (κ3) is 3.95. The Labute approximate surface area is 56.8 Å². The Morgan fingerprint density at radius 3 is 2.56 bits per heavy atom. The van der Waals surface area contributed by atoms with E-state index in [1.165, 1.54) is 0 Å². The first-order valence-electron chi connectivity index (χ1n) is 3.30. The van der Waals surface area contributed by atoms with E-state index in [0.29, 0.717) is 0 Å². The molecule has 0 aromatic carbocycles. The number of allylic oxidation sites excluding steroid dienone is 2. The Morgan fingerprint density at radius 2 is 2.22 bits per heavy atom. The zero-order valence-electron chi connectivity index (χ0n) is 6.35. The number of Topliss-reactive ketones (excluding diaryl/α,β-unsaturated/α-hetero) is 1. The van der Waals surface area contributed by atoms with Crippen molar-refractivity contribution < 1.29 is 4.79 Å². The van der Waals surface area contributed by atoms with Crippen LogP contribution in [0.2, 0.25) is 0 Å². The molecule has 0 aliphatic rings. The van der Waals surface area contributed by atoms with Crippen molar-refractivity contribution in [1.29, 1.82) is 0 Å². The molecule has 0 radical (unpaired) electrons. The van der Waals surface area contributed by atoms with E-state index < -0.39 is 0 Å². The summed E-state index contributed by atoms with van der Waals surface area (Å²) in [5.41, 5.74) is 0. The fraction of sp³-hybridized carbons (Fsp3) is 0.625. The average molecular weight is 126 g/mol. The minimum atomic E-state index is 0.196. The van der Waals surface area contributed by atoms with Gasteiger partial charge in [0.1, 0.15) is 5.78 Å². The van der Waals surface area contributed by atoms with Crippen LogP contribution in [0.25, 0.3) is 0 Å². The smallest absolute Gasteiger partial charge is 0.132 e. The molecule has 0 N–H and O–H groups in total. The third-order valence-corrected chi connectivity index (χ3v) is 1.42. The highest BCUT2D eigenvalue weighted by molar-refractivity contribution is 5.77. The van der Waals surface area contributed by atoms with Crippen molar-refractivity contribution in [2.75, 3.05) is 0 Å². The predicted molar refractivity (Wildman–Crippen MR) is 39.3 cm³/mol. The molecule has 0 aliphatic carbocycles. The topological polar surface area (TPSA) is 17.1 Å². The quantitative estimate of drug-likeness (QED) is 0.530. The lowest BCUT2D eigenvalue weighted by molar-refractivity contribution is -0.120. The summed E-state index contributed by atoms with van der Waals surface area (Å²) in [6.45, 7) is 5.54. The third-order valence-electron chi connectivity index (χ3n) is 1.42. The van der Waals surface area contributed by atoms with Gasteiger partial charge < -0.3 is 0 Å². The Balaban J connectivity index is 3.50. The van der Waals surface area contributed by atoms with Crippen molar-refractivity contribution >= 4 is 5.78 Å². The summed E-state index contributed by atoms with van der Waals surface area (Å²) in [5.74, 6) is 0.467. The van der Waals surface area contributed by atoms with Gasteiger partial charge in [0.2, 0.25) is 0 Å². The molecule has 0 aromatic heterocycles. The van der Waals surface area contributed by atoms with Crippen molar-refractivity contribution in [1.82, 2.24) is 0 Å². The average Bonchev–Trinajstić information content (AvgIpc) is 1.82. The summed E-state index contributed by atoms with van der Waals surface area (Å²) >= 11 is 0. The van der Waals surface area contributed by atoms with Crippen molar-refractivity contribution in [2.24, 2.45) is 5.92 Å². The maximum atomic E-state index is 10.6. The molecule has 0 aliphatic heterocycles. The maximum absolute atomic E-state index is 10.6. The van der Waals surface area contributed by atoms with E-state index in [1.54, 1.807) is 6.92 Å². The van der Waals surface area contributed by atoms with Crippen LogP contribution >= 0.6 is 0 Å². The summed E-state index contributed by atoms with van der Waals surface area (Å²) in [4.78, 5) is 10.6. The molecule has 1 atom stereocenters. The van der Waals surface area contributed by atoms with Crippen LogP contribution in [-0.2, 0) is 4.79 Å². The second-order valence-electron chi connectivity index (χ2n) is 2.32. The zero-order chi connectivity index (χ0) is 7.28.